The van der Waals surface area contributed by atoms with Crippen molar-refractivity contribution in [3.8, 4) is 5.75 Å². The van der Waals surface area contributed by atoms with Crippen LogP contribution in [0.3, 0.4) is 0 Å². The van der Waals surface area contributed by atoms with E-state index in [4.69, 9.17) is 0 Å². The van der Waals surface area contributed by atoms with E-state index in [0.29, 0.717) is 5.92 Å². The van der Waals surface area contributed by atoms with Crippen molar-refractivity contribution in [2.45, 2.75) is 44.6 Å². The van der Waals surface area contributed by atoms with Crippen LogP contribution < -0.4 is 0 Å². The first-order valence-corrected chi connectivity index (χ1v) is 6.18. The summed E-state index contributed by atoms with van der Waals surface area (Å²) in [5.74, 6) is 0.564. The van der Waals surface area contributed by atoms with Gasteiger partial charge in [-0.25, -0.2) is 0 Å². The molecule has 1 aliphatic carbocycles. The molecule has 0 bridgehead atoms. The Morgan fingerprint density at radius 1 is 1.38 bits per heavy atom. The fourth-order valence-electron chi connectivity index (χ4n) is 2.93. The van der Waals surface area contributed by atoms with Crippen molar-refractivity contribution in [3.63, 3.8) is 0 Å². The van der Waals surface area contributed by atoms with Crippen LogP contribution in [-0.4, -0.2) is 10.2 Å². The lowest BCUT2D eigenvalue weighted by atomic mass is 9.70. The van der Waals surface area contributed by atoms with Gasteiger partial charge in [0.05, 0.1) is 5.60 Å². The van der Waals surface area contributed by atoms with Gasteiger partial charge < -0.3 is 10.2 Å². The van der Waals surface area contributed by atoms with Gasteiger partial charge >= 0.3 is 0 Å². The van der Waals surface area contributed by atoms with Gasteiger partial charge in [-0.15, -0.1) is 0 Å². The lowest BCUT2D eigenvalue weighted by molar-refractivity contribution is -0.0558. The molecule has 0 spiro atoms. The van der Waals surface area contributed by atoms with Crippen LogP contribution >= 0.6 is 0 Å². The third-order valence-corrected chi connectivity index (χ3v) is 3.87. The molecule has 1 fully saturated rings. The van der Waals surface area contributed by atoms with Crippen molar-refractivity contribution in [1.82, 2.24) is 0 Å². The van der Waals surface area contributed by atoms with E-state index in [9.17, 15) is 10.2 Å². The maximum absolute atomic E-state index is 10.8. The zero-order chi connectivity index (χ0) is 11.6. The van der Waals surface area contributed by atoms with Gasteiger partial charge in [0, 0.05) is 0 Å². The molecular formula is C14H20O2. The number of hydrogen-bond acceptors (Lipinski definition) is 2. The van der Waals surface area contributed by atoms with Crippen LogP contribution in [0.15, 0.2) is 24.3 Å². The third kappa shape index (κ3) is 1.94. The van der Waals surface area contributed by atoms with Crippen LogP contribution in [0.2, 0.25) is 0 Å². The number of aliphatic hydroxyl groups is 1. The fourth-order valence-corrected chi connectivity index (χ4v) is 2.93. The topological polar surface area (TPSA) is 40.5 Å². The highest BCUT2D eigenvalue weighted by atomic mass is 16.3. The van der Waals surface area contributed by atoms with E-state index in [-0.39, 0.29) is 5.75 Å². The molecule has 0 radical (unpaired) electrons. The van der Waals surface area contributed by atoms with Gasteiger partial charge in [-0.3, -0.25) is 0 Å². The van der Waals surface area contributed by atoms with Gasteiger partial charge in [-0.2, -0.15) is 0 Å². The molecule has 1 unspecified atom stereocenters. The molecule has 0 heterocycles. The summed E-state index contributed by atoms with van der Waals surface area (Å²) < 4.78 is 0. The van der Waals surface area contributed by atoms with E-state index in [1.165, 1.54) is 6.42 Å². The smallest absolute Gasteiger partial charge is 0.115 e. The second-order valence-electron chi connectivity index (χ2n) is 4.83. The highest BCUT2D eigenvalue weighted by Gasteiger charge is 2.39. The molecule has 0 aromatic heterocycles. The Labute approximate surface area is 96.9 Å². The minimum Gasteiger partial charge on any atom is -0.508 e. The number of phenolic OH excluding ortho intramolecular Hbond substituents is 1. The van der Waals surface area contributed by atoms with Crippen molar-refractivity contribution >= 4 is 0 Å². The van der Waals surface area contributed by atoms with Crippen LogP contribution in [0.25, 0.3) is 0 Å². The minimum atomic E-state index is -0.730. The molecule has 1 aromatic carbocycles. The predicted molar refractivity (Wildman–Crippen MR) is 64.3 cm³/mol. The van der Waals surface area contributed by atoms with E-state index in [1.54, 1.807) is 12.1 Å². The molecule has 1 saturated carbocycles. The third-order valence-electron chi connectivity index (χ3n) is 3.87. The molecule has 2 atom stereocenters. The summed E-state index contributed by atoms with van der Waals surface area (Å²) in [5, 5.41) is 20.3. The summed E-state index contributed by atoms with van der Waals surface area (Å²) in [5.41, 5.74) is 0.144. The lowest BCUT2D eigenvalue weighted by Gasteiger charge is -2.40. The summed E-state index contributed by atoms with van der Waals surface area (Å²) >= 11 is 0. The van der Waals surface area contributed by atoms with E-state index in [2.05, 4.69) is 6.92 Å². The minimum absolute atomic E-state index is 0.242. The Balaban J connectivity index is 2.34. The zero-order valence-corrected chi connectivity index (χ0v) is 9.82. The summed E-state index contributed by atoms with van der Waals surface area (Å²) in [6, 6.07) is 7.09. The van der Waals surface area contributed by atoms with E-state index < -0.39 is 5.60 Å². The van der Waals surface area contributed by atoms with Crippen molar-refractivity contribution in [2.24, 2.45) is 5.92 Å². The molecule has 0 aliphatic heterocycles. The quantitative estimate of drug-likeness (QED) is 0.803. The Morgan fingerprint density at radius 2 is 2.19 bits per heavy atom. The maximum Gasteiger partial charge on any atom is 0.115 e. The predicted octanol–water partition coefficient (Wildman–Crippen LogP) is 3.18. The molecular weight excluding hydrogens is 200 g/mol. The molecule has 1 aliphatic rings. The molecule has 1 aromatic rings. The van der Waals surface area contributed by atoms with E-state index in [0.717, 1.165) is 31.2 Å². The summed E-state index contributed by atoms with van der Waals surface area (Å²) in [6.07, 6.45) is 5.17. The average molecular weight is 220 g/mol. The summed E-state index contributed by atoms with van der Waals surface area (Å²) in [6.45, 7) is 2.13. The molecule has 2 heteroatoms. The van der Waals surface area contributed by atoms with Gasteiger partial charge in [0.25, 0.3) is 0 Å². The first-order valence-electron chi connectivity index (χ1n) is 6.18. The number of benzene rings is 1. The monoisotopic (exact) mass is 220 g/mol. The second-order valence-corrected chi connectivity index (χ2v) is 4.83. The first kappa shape index (κ1) is 11.5. The van der Waals surface area contributed by atoms with Gasteiger partial charge in [0.15, 0.2) is 0 Å². The van der Waals surface area contributed by atoms with Gasteiger partial charge in [-0.05, 0) is 36.5 Å². The highest BCUT2D eigenvalue weighted by Crippen LogP contribution is 2.43. The van der Waals surface area contributed by atoms with E-state index in [1.807, 2.05) is 12.1 Å². The van der Waals surface area contributed by atoms with Crippen LogP contribution in [0.5, 0.6) is 5.75 Å². The summed E-state index contributed by atoms with van der Waals surface area (Å²) in [7, 11) is 0. The molecule has 88 valence electrons. The van der Waals surface area contributed by atoms with Gasteiger partial charge in [0.1, 0.15) is 5.75 Å². The van der Waals surface area contributed by atoms with Crippen molar-refractivity contribution < 1.29 is 10.2 Å². The van der Waals surface area contributed by atoms with Gasteiger partial charge in [-0.1, -0.05) is 38.3 Å². The average Bonchev–Trinajstić information content (AvgIpc) is 2.30. The largest absolute Gasteiger partial charge is 0.508 e. The van der Waals surface area contributed by atoms with Crippen LogP contribution in [0, 0.1) is 5.92 Å². The lowest BCUT2D eigenvalue weighted by Crippen LogP contribution is -2.37. The Morgan fingerprint density at radius 3 is 2.88 bits per heavy atom. The normalized spacial score (nSPS) is 30.2. The summed E-state index contributed by atoms with van der Waals surface area (Å²) in [4.78, 5) is 0. The fraction of sp³-hybridized carbons (Fsp3) is 0.571. The molecule has 2 nitrogen and oxygen atoms in total. The second kappa shape index (κ2) is 4.46. The Kier molecular flexibility index (Phi) is 3.20. The van der Waals surface area contributed by atoms with Gasteiger partial charge in [0.2, 0.25) is 0 Å². The number of rotatable bonds is 2. The molecule has 0 amide bonds. The van der Waals surface area contributed by atoms with Crippen LogP contribution in [-0.2, 0) is 5.60 Å². The molecule has 16 heavy (non-hydrogen) atoms. The number of aromatic hydroxyl groups is 1. The highest BCUT2D eigenvalue weighted by molar-refractivity contribution is 5.32. The molecule has 2 N–H and O–H groups in total. The van der Waals surface area contributed by atoms with Crippen molar-refractivity contribution in [3.05, 3.63) is 29.8 Å². The van der Waals surface area contributed by atoms with Crippen LogP contribution in [0.1, 0.15) is 44.6 Å². The van der Waals surface area contributed by atoms with Crippen molar-refractivity contribution in [1.29, 1.82) is 0 Å². The maximum atomic E-state index is 10.8. The SMILES string of the molecule is CCC1CCCC[C@]1(O)c1cccc(O)c1. The number of hydrogen-bond donors (Lipinski definition) is 2. The Bertz CT molecular complexity index is 362. The zero-order valence-electron chi connectivity index (χ0n) is 9.82. The van der Waals surface area contributed by atoms with Crippen LogP contribution in [0.4, 0.5) is 0 Å². The standard InChI is InChI=1S/C14H20O2/c1-2-11-6-3-4-9-14(11,16)12-7-5-8-13(15)10-12/h5,7-8,10-11,15-16H,2-4,6,9H2,1H3/t11?,14-/m1/s1. The number of phenols is 1. The molecule has 2 rings (SSSR count). The molecule has 0 saturated heterocycles. The first-order chi connectivity index (χ1) is 7.66. The van der Waals surface area contributed by atoms with E-state index >= 15 is 0 Å². The van der Waals surface area contributed by atoms with Crippen molar-refractivity contribution in [2.75, 3.05) is 0 Å². The Hall–Kier alpha value is -1.02.